The number of anilines is 1. The highest BCUT2D eigenvalue weighted by Crippen LogP contribution is 2.54. The second-order valence-corrected chi connectivity index (χ2v) is 7.78. The summed E-state index contributed by atoms with van der Waals surface area (Å²) in [7, 11) is 0. The van der Waals surface area contributed by atoms with Crippen molar-refractivity contribution in [3.05, 3.63) is 70.8 Å². The lowest BCUT2D eigenvalue weighted by Gasteiger charge is -2.36. The van der Waals surface area contributed by atoms with Crippen LogP contribution in [0.1, 0.15) is 11.5 Å². The predicted molar refractivity (Wildman–Crippen MR) is 99.8 cm³/mol. The van der Waals surface area contributed by atoms with Gasteiger partial charge in [0.1, 0.15) is 11.0 Å². The van der Waals surface area contributed by atoms with Crippen LogP contribution in [-0.4, -0.2) is 23.0 Å². The molecule has 1 fully saturated rings. The van der Waals surface area contributed by atoms with E-state index in [-0.39, 0.29) is 22.4 Å². The van der Waals surface area contributed by atoms with Gasteiger partial charge in [0.2, 0.25) is 11.8 Å². The van der Waals surface area contributed by atoms with Crippen molar-refractivity contribution in [1.29, 1.82) is 0 Å². The third kappa shape index (κ3) is 2.18. The molecule has 3 atom stereocenters. The molecule has 0 saturated carbocycles. The molecule has 0 aliphatic carbocycles. The number of imide groups is 1. The number of para-hydroxylation sites is 2. The molecule has 0 bridgehead atoms. The molecule has 5 rings (SSSR count). The molecule has 0 unspecified atom stereocenters. The van der Waals surface area contributed by atoms with Gasteiger partial charge in [0.15, 0.2) is 0 Å². The Morgan fingerprint density at radius 2 is 1.63 bits per heavy atom. The summed E-state index contributed by atoms with van der Waals surface area (Å²) in [5.74, 6) is -2.05. The van der Waals surface area contributed by atoms with Crippen molar-refractivity contribution in [2.24, 2.45) is 11.7 Å². The zero-order valence-electron chi connectivity index (χ0n) is 14.0. The summed E-state index contributed by atoms with van der Waals surface area (Å²) in [6, 6.07) is 15.9. The number of hydrogen-bond acceptors (Lipinski definition) is 6. The van der Waals surface area contributed by atoms with E-state index in [9.17, 15) is 14.4 Å². The molecular formula is C20H14N2O4S. The Kier molecular flexibility index (Phi) is 3.42. The third-order valence-corrected chi connectivity index (χ3v) is 6.40. The molecule has 0 aromatic heterocycles. The van der Waals surface area contributed by atoms with E-state index in [4.69, 9.17) is 10.5 Å². The fraction of sp³-hybridized carbons (Fsp3) is 0.150. The molecule has 7 heteroatoms. The van der Waals surface area contributed by atoms with E-state index in [0.717, 1.165) is 11.8 Å². The van der Waals surface area contributed by atoms with Gasteiger partial charge in [0.25, 0.3) is 0 Å². The average Bonchev–Trinajstić information content (AvgIpc) is 2.92. The van der Waals surface area contributed by atoms with Gasteiger partial charge in [-0.3, -0.25) is 9.59 Å². The minimum absolute atomic E-state index is 0.247. The minimum atomic E-state index is -0.695. The molecule has 3 aliphatic heterocycles. The van der Waals surface area contributed by atoms with E-state index in [1.165, 1.54) is 4.90 Å². The maximum absolute atomic E-state index is 13.3. The topological polar surface area (TPSA) is 89.7 Å². The van der Waals surface area contributed by atoms with Crippen molar-refractivity contribution >= 4 is 35.2 Å². The predicted octanol–water partition coefficient (Wildman–Crippen LogP) is 2.16. The van der Waals surface area contributed by atoms with Crippen molar-refractivity contribution in [3.8, 4) is 5.75 Å². The minimum Gasteiger partial charge on any atom is -0.423 e. The largest absolute Gasteiger partial charge is 0.423 e. The summed E-state index contributed by atoms with van der Waals surface area (Å²) >= 11 is 1.08. The van der Waals surface area contributed by atoms with Gasteiger partial charge >= 0.3 is 5.97 Å². The zero-order chi connectivity index (χ0) is 18.7. The Balaban J connectivity index is 1.68. The summed E-state index contributed by atoms with van der Waals surface area (Å²) in [6.45, 7) is 0. The molecule has 6 nitrogen and oxygen atoms in total. The van der Waals surface area contributed by atoms with Gasteiger partial charge in [-0.05, 0) is 18.2 Å². The molecule has 2 amide bonds. The summed E-state index contributed by atoms with van der Waals surface area (Å²) in [6.07, 6.45) is 0. The van der Waals surface area contributed by atoms with Crippen LogP contribution in [0.3, 0.4) is 0 Å². The van der Waals surface area contributed by atoms with E-state index in [2.05, 4.69) is 0 Å². The number of benzene rings is 2. The number of fused-ring (bicyclic) bond motifs is 5. The van der Waals surface area contributed by atoms with Crippen LogP contribution >= 0.6 is 11.8 Å². The Morgan fingerprint density at radius 1 is 0.926 bits per heavy atom. The third-order valence-electron chi connectivity index (χ3n) is 5.18. The highest BCUT2D eigenvalue weighted by atomic mass is 32.2. The fourth-order valence-corrected chi connectivity index (χ4v) is 5.27. The summed E-state index contributed by atoms with van der Waals surface area (Å²) in [4.78, 5) is 40.1. The molecule has 3 aliphatic rings. The van der Waals surface area contributed by atoms with Crippen LogP contribution in [0, 0.1) is 5.92 Å². The first-order valence-electron chi connectivity index (χ1n) is 8.48. The zero-order valence-corrected chi connectivity index (χ0v) is 14.8. The van der Waals surface area contributed by atoms with Crippen molar-refractivity contribution in [2.45, 2.75) is 11.2 Å². The van der Waals surface area contributed by atoms with Gasteiger partial charge in [-0.1, -0.05) is 48.2 Å². The molecule has 0 spiro atoms. The number of thioether (sulfide) groups is 1. The van der Waals surface area contributed by atoms with Gasteiger partial charge in [-0.15, -0.1) is 0 Å². The van der Waals surface area contributed by atoms with Crippen molar-refractivity contribution < 1.29 is 19.1 Å². The number of nitrogens with two attached hydrogens (primary N) is 1. The lowest BCUT2D eigenvalue weighted by molar-refractivity contribution is -0.131. The molecule has 3 heterocycles. The Bertz CT molecular complexity index is 1030. The first kappa shape index (κ1) is 16.1. The van der Waals surface area contributed by atoms with Crippen LogP contribution in [0.2, 0.25) is 0 Å². The van der Waals surface area contributed by atoms with Crippen LogP contribution in [0.15, 0.2) is 65.2 Å². The lowest BCUT2D eigenvalue weighted by atomic mass is 9.77. The molecule has 2 aromatic rings. The first-order chi connectivity index (χ1) is 13.1. The number of carbonyl (C=O) groups is 3. The lowest BCUT2D eigenvalue weighted by Crippen LogP contribution is -2.39. The second-order valence-electron chi connectivity index (χ2n) is 6.59. The summed E-state index contributed by atoms with van der Waals surface area (Å²) in [5.41, 5.74) is 7.65. The molecule has 2 aromatic carbocycles. The van der Waals surface area contributed by atoms with E-state index in [0.29, 0.717) is 17.0 Å². The Hall–Kier alpha value is -3.06. The summed E-state index contributed by atoms with van der Waals surface area (Å²) < 4.78 is 5.39. The van der Waals surface area contributed by atoms with Crippen LogP contribution in [0.5, 0.6) is 5.75 Å². The van der Waals surface area contributed by atoms with Gasteiger partial charge < -0.3 is 10.5 Å². The maximum atomic E-state index is 13.3. The van der Waals surface area contributed by atoms with Crippen LogP contribution in [0.25, 0.3) is 0 Å². The van der Waals surface area contributed by atoms with E-state index >= 15 is 0 Å². The van der Waals surface area contributed by atoms with Gasteiger partial charge in [-0.2, -0.15) is 0 Å². The number of nitrogens with zero attached hydrogens (tertiary/aromatic N) is 1. The quantitative estimate of drug-likeness (QED) is 0.465. The number of ether oxygens (including phenoxy) is 1. The van der Waals surface area contributed by atoms with E-state index in [1.54, 1.807) is 36.4 Å². The van der Waals surface area contributed by atoms with Gasteiger partial charge in [0.05, 0.1) is 22.2 Å². The van der Waals surface area contributed by atoms with E-state index in [1.807, 2.05) is 18.2 Å². The van der Waals surface area contributed by atoms with Crippen LogP contribution in [-0.2, 0) is 14.4 Å². The first-order valence-corrected chi connectivity index (χ1v) is 9.36. The molecule has 134 valence electrons. The number of hydrogen-bond donors (Lipinski definition) is 1. The Labute approximate surface area is 159 Å². The number of rotatable bonds is 1. The van der Waals surface area contributed by atoms with Crippen molar-refractivity contribution in [2.75, 3.05) is 4.90 Å². The highest BCUT2D eigenvalue weighted by molar-refractivity contribution is 8.04. The number of carbonyl (C=O) groups excluding carboxylic acids is 3. The fourth-order valence-electron chi connectivity index (χ4n) is 4.04. The van der Waals surface area contributed by atoms with Crippen LogP contribution in [0.4, 0.5) is 5.69 Å². The number of esters is 1. The van der Waals surface area contributed by atoms with Crippen molar-refractivity contribution in [1.82, 2.24) is 0 Å². The maximum Gasteiger partial charge on any atom is 0.342 e. The Morgan fingerprint density at radius 3 is 2.41 bits per heavy atom. The SMILES string of the molecule is NC1=C2C(=O)Oc3ccccc3[C@@H]2[C@H]2C(=O)N(c3ccccc3)C(=O)[C@H]2S1. The molecule has 0 radical (unpaired) electrons. The van der Waals surface area contributed by atoms with Crippen molar-refractivity contribution in [3.63, 3.8) is 0 Å². The van der Waals surface area contributed by atoms with Gasteiger partial charge in [0, 0.05) is 11.5 Å². The molecule has 1 saturated heterocycles. The highest BCUT2D eigenvalue weighted by Gasteiger charge is 2.58. The second kappa shape index (κ2) is 5.72. The molecular weight excluding hydrogens is 364 g/mol. The standard InChI is InChI=1S/C20H14N2O4S/c21-17-15-13(11-8-4-5-9-12(11)26-20(15)25)14-16(27-17)19(24)22(18(14)23)10-6-2-1-3-7-10/h1-9,13-14,16H,21H2/t13-,14-,16+/m1/s1. The monoisotopic (exact) mass is 378 g/mol. The van der Waals surface area contributed by atoms with Gasteiger partial charge in [-0.25, -0.2) is 9.69 Å². The molecule has 2 N–H and O–H groups in total. The average molecular weight is 378 g/mol. The summed E-state index contributed by atoms with van der Waals surface area (Å²) in [5, 5.41) is -0.415. The molecule has 27 heavy (non-hydrogen) atoms. The normalized spacial score (nSPS) is 26.4. The smallest absolute Gasteiger partial charge is 0.342 e. The van der Waals surface area contributed by atoms with E-state index < -0.39 is 23.1 Å². The van der Waals surface area contributed by atoms with Crippen LogP contribution < -0.4 is 15.4 Å². The number of amides is 2.